The van der Waals surface area contributed by atoms with Gasteiger partial charge >= 0.3 is 11.2 Å². The van der Waals surface area contributed by atoms with Gasteiger partial charge in [0, 0.05) is 5.56 Å². The third-order valence-electron chi connectivity index (χ3n) is 4.23. The first-order valence-electron chi connectivity index (χ1n) is 8.10. The second-order valence-electron chi connectivity index (χ2n) is 5.89. The highest BCUT2D eigenvalue weighted by Crippen LogP contribution is 2.38. The number of alkyl halides is 2. The maximum Gasteiger partial charge on any atom is 0.415 e. The van der Waals surface area contributed by atoms with Gasteiger partial charge in [0.05, 0.1) is 17.4 Å². The molecular weight excluding hydrogens is 398 g/mol. The summed E-state index contributed by atoms with van der Waals surface area (Å²) < 4.78 is 39.2. The molecule has 3 rings (SSSR count). The largest absolute Gasteiger partial charge is 0.489 e. The highest BCUT2D eigenvalue weighted by Gasteiger charge is 2.44. The molecule has 0 saturated heterocycles. The minimum Gasteiger partial charge on any atom is -0.489 e. The minimum absolute atomic E-state index is 0.105. The molecule has 0 saturated carbocycles. The van der Waals surface area contributed by atoms with Gasteiger partial charge in [0.1, 0.15) is 31.0 Å². The van der Waals surface area contributed by atoms with E-state index in [1.165, 1.54) is 18.2 Å². The lowest BCUT2D eigenvalue weighted by Crippen LogP contribution is -2.35. The summed E-state index contributed by atoms with van der Waals surface area (Å²) in [4.78, 5) is 36.7. The number of hydrogen-bond acceptors (Lipinski definition) is 8. The van der Waals surface area contributed by atoms with Crippen molar-refractivity contribution >= 4 is 29.6 Å². The average molecular weight is 412 g/mol. The Kier molecular flexibility index (Phi) is 5.92. The van der Waals surface area contributed by atoms with Gasteiger partial charge in [-0.2, -0.15) is 13.1 Å². The van der Waals surface area contributed by atoms with Gasteiger partial charge in [-0.25, -0.2) is 10.1 Å². The molecule has 0 aromatic heterocycles. The van der Waals surface area contributed by atoms with Gasteiger partial charge in [-0.15, -0.1) is 0 Å². The van der Waals surface area contributed by atoms with Crippen LogP contribution in [0.5, 0.6) is 5.75 Å². The second-order valence-corrected chi connectivity index (χ2v) is 6.72. The number of hydrogen-bond donors (Lipinski definition) is 1. The van der Waals surface area contributed by atoms with E-state index in [1.54, 1.807) is 24.3 Å². The molecule has 0 aliphatic heterocycles. The molecule has 0 spiro atoms. The fourth-order valence-electron chi connectivity index (χ4n) is 3.02. The minimum atomic E-state index is -4.08. The highest BCUT2D eigenvalue weighted by atomic mass is 32.2. The quantitative estimate of drug-likeness (QED) is 0.240. The smallest absolute Gasteiger partial charge is 0.415 e. The van der Waals surface area contributed by atoms with Crippen LogP contribution in [0.4, 0.5) is 8.78 Å². The Labute approximate surface area is 162 Å². The van der Waals surface area contributed by atoms with E-state index in [1.807, 2.05) is 0 Å². The molecule has 0 bridgehead atoms. The van der Waals surface area contributed by atoms with Crippen LogP contribution in [0.1, 0.15) is 20.7 Å². The third-order valence-corrected chi connectivity index (χ3v) is 4.68. The number of ether oxygens (including phenoxy) is 2. The van der Waals surface area contributed by atoms with E-state index < -0.39 is 41.7 Å². The van der Waals surface area contributed by atoms with Gasteiger partial charge in [0.25, 0.3) is 0 Å². The van der Waals surface area contributed by atoms with Crippen LogP contribution in [0.15, 0.2) is 42.5 Å². The summed E-state index contributed by atoms with van der Waals surface area (Å²) >= 11 is -0.762. The summed E-state index contributed by atoms with van der Waals surface area (Å²) in [5.74, 6) is -3.49. The Balaban J connectivity index is 1.69. The van der Waals surface area contributed by atoms with E-state index in [-0.39, 0.29) is 35.0 Å². The van der Waals surface area contributed by atoms with Crippen LogP contribution in [0.25, 0.3) is 0 Å². The topological polar surface area (TPSA) is 99.1 Å². The standard InChI is InChI=1S/C18H14F2O7S/c19-18(20,28-27-24)17(23)26-9-8-25-13-7-3-6-12-14(13)16(22)11-5-2-1-4-10(11)15(12)21/h1-7,10-11,24H,8-9H2. The number of carbonyl (C=O) groups excluding carboxylic acids is 3. The van der Waals surface area contributed by atoms with E-state index in [0.717, 1.165) is 0 Å². The lowest BCUT2D eigenvalue weighted by molar-refractivity contribution is -0.165. The Hall–Kier alpha value is -2.56. The number of benzene rings is 1. The lowest BCUT2D eigenvalue weighted by Gasteiger charge is -2.29. The molecule has 1 N–H and O–H groups in total. The van der Waals surface area contributed by atoms with Gasteiger partial charge in [-0.1, -0.05) is 36.4 Å². The Morgan fingerprint density at radius 1 is 1.11 bits per heavy atom. The van der Waals surface area contributed by atoms with Gasteiger partial charge in [-0.05, 0) is 6.07 Å². The van der Waals surface area contributed by atoms with Crippen LogP contribution in [0, 0.1) is 11.8 Å². The molecule has 0 radical (unpaired) electrons. The number of rotatable bonds is 7. The molecule has 28 heavy (non-hydrogen) atoms. The summed E-state index contributed by atoms with van der Waals surface area (Å²) in [6.45, 7) is -0.866. The number of Topliss-reactive ketones (excluding diaryl/α,β-unsaturated/α-hetero) is 2. The molecule has 148 valence electrons. The molecule has 0 amide bonds. The summed E-state index contributed by atoms with van der Waals surface area (Å²) in [5, 5.41) is 3.91. The number of ketones is 2. The molecule has 1 aromatic rings. The molecular formula is C18H14F2O7S. The molecule has 1 aromatic carbocycles. The molecule has 2 atom stereocenters. The molecule has 2 aliphatic rings. The van der Waals surface area contributed by atoms with E-state index in [0.29, 0.717) is 0 Å². The number of allylic oxidation sites excluding steroid dienone is 4. The van der Waals surface area contributed by atoms with Gasteiger partial charge < -0.3 is 9.47 Å². The van der Waals surface area contributed by atoms with Crippen molar-refractivity contribution in [2.45, 2.75) is 5.25 Å². The number of fused-ring (bicyclic) bond motifs is 2. The van der Waals surface area contributed by atoms with Crippen LogP contribution >= 0.6 is 12.0 Å². The van der Waals surface area contributed by atoms with Gasteiger partial charge in [-0.3, -0.25) is 9.59 Å². The van der Waals surface area contributed by atoms with Crippen LogP contribution in [-0.4, -0.2) is 41.3 Å². The highest BCUT2D eigenvalue weighted by molar-refractivity contribution is 7.96. The van der Waals surface area contributed by atoms with Crippen molar-refractivity contribution in [1.29, 1.82) is 0 Å². The van der Waals surface area contributed by atoms with Crippen LogP contribution in [-0.2, 0) is 13.9 Å². The average Bonchev–Trinajstić information content (AvgIpc) is 2.69. The lowest BCUT2D eigenvalue weighted by atomic mass is 9.72. The zero-order valence-electron chi connectivity index (χ0n) is 14.2. The normalized spacial score (nSPS) is 20.5. The van der Waals surface area contributed by atoms with Crippen molar-refractivity contribution < 1.29 is 42.2 Å². The van der Waals surface area contributed by atoms with Crippen molar-refractivity contribution in [3.8, 4) is 5.75 Å². The van der Waals surface area contributed by atoms with E-state index >= 15 is 0 Å². The zero-order valence-corrected chi connectivity index (χ0v) is 15.0. The van der Waals surface area contributed by atoms with Crippen molar-refractivity contribution in [1.82, 2.24) is 0 Å². The summed E-state index contributed by atoms with van der Waals surface area (Å²) in [7, 11) is 0. The molecule has 10 heteroatoms. The van der Waals surface area contributed by atoms with Crippen molar-refractivity contribution in [3.05, 3.63) is 53.6 Å². The Bertz CT molecular complexity index is 865. The maximum atomic E-state index is 13.1. The van der Waals surface area contributed by atoms with Gasteiger partial charge in [0.15, 0.2) is 11.6 Å². The second kappa shape index (κ2) is 8.21. The van der Waals surface area contributed by atoms with E-state index in [2.05, 4.69) is 9.07 Å². The first-order chi connectivity index (χ1) is 13.4. The SMILES string of the molecule is O=C1c2cccc(OCCOC(=O)C(F)(F)SOO)c2C(=O)C2C=CC=CC12. The van der Waals surface area contributed by atoms with E-state index in [9.17, 15) is 23.2 Å². The Morgan fingerprint density at radius 3 is 2.46 bits per heavy atom. The summed E-state index contributed by atoms with van der Waals surface area (Å²) in [6.07, 6.45) is 6.72. The summed E-state index contributed by atoms with van der Waals surface area (Å²) in [6, 6.07) is 4.54. The molecule has 2 aliphatic carbocycles. The fraction of sp³-hybridized carbons (Fsp3) is 0.278. The Morgan fingerprint density at radius 2 is 1.79 bits per heavy atom. The zero-order chi connectivity index (χ0) is 20.3. The van der Waals surface area contributed by atoms with Crippen molar-refractivity contribution in [3.63, 3.8) is 0 Å². The molecule has 0 fully saturated rings. The monoisotopic (exact) mass is 412 g/mol. The number of carbonyl (C=O) groups is 3. The van der Waals surface area contributed by atoms with Crippen molar-refractivity contribution in [2.24, 2.45) is 11.8 Å². The first-order valence-corrected chi connectivity index (χ1v) is 8.84. The van der Waals surface area contributed by atoms with Crippen LogP contribution in [0.3, 0.4) is 0 Å². The molecule has 2 unspecified atom stereocenters. The predicted molar refractivity (Wildman–Crippen MR) is 93.1 cm³/mol. The van der Waals surface area contributed by atoms with Crippen LogP contribution < -0.4 is 4.74 Å². The molecule has 0 heterocycles. The van der Waals surface area contributed by atoms with Gasteiger partial charge in [0.2, 0.25) is 0 Å². The summed E-state index contributed by atoms with van der Waals surface area (Å²) in [5.41, 5.74) is 0.346. The maximum absolute atomic E-state index is 13.1. The fourth-order valence-corrected chi connectivity index (χ4v) is 3.24. The number of halogens is 2. The first kappa shape index (κ1) is 20.2. The van der Waals surface area contributed by atoms with Crippen LogP contribution in [0.2, 0.25) is 0 Å². The van der Waals surface area contributed by atoms with Crippen molar-refractivity contribution in [2.75, 3.05) is 13.2 Å². The third kappa shape index (κ3) is 3.84. The molecule has 7 nitrogen and oxygen atoms in total. The van der Waals surface area contributed by atoms with E-state index in [4.69, 9.17) is 9.99 Å². The predicted octanol–water partition coefficient (Wildman–Crippen LogP) is 3.08. The number of esters is 1.